The van der Waals surface area contributed by atoms with E-state index in [-0.39, 0.29) is 49.0 Å². The summed E-state index contributed by atoms with van der Waals surface area (Å²) in [7, 11) is 1.59. The second kappa shape index (κ2) is 14.4. The molecule has 0 aromatic rings. The normalized spacial score (nSPS) is 37.9. The Balaban J connectivity index is 2.15. The van der Waals surface area contributed by atoms with Crippen molar-refractivity contribution in [1.82, 2.24) is 0 Å². The maximum atomic E-state index is 12.7. The Labute approximate surface area is 201 Å². The summed E-state index contributed by atoms with van der Waals surface area (Å²) in [6.07, 6.45) is 7.64. The molecule has 0 saturated carbocycles. The number of rotatable bonds is 5. The highest BCUT2D eigenvalue weighted by Gasteiger charge is 2.36. The molecule has 2 aliphatic rings. The monoisotopic (exact) mass is 468 g/mol. The van der Waals surface area contributed by atoms with Crippen molar-refractivity contribution in [2.45, 2.75) is 122 Å². The van der Waals surface area contributed by atoms with Gasteiger partial charge in [-0.15, -0.1) is 0 Å². The minimum Gasteiger partial charge on any atom is -0.462 e. The van der Waals surface area contributed by atoms with Crippen molar-refractivity contribution in [1.29, 1.82) is 0 Å². The van der Waals surface area contributed by atoms with E-state index < -0.39 is 6.10 Å². The zero-order valence-electron chi connectivity index (χ0n) is 21.6. The second-order valence-corrected chi connectivity index (χ2v) is 10.5. The lowest BCUT2D eigenvalue weighted by Gasteiger charge is -2.31. The number of hydrogen-bond donors (Lipinski definition) is 1. The molecule has 6 heteroatoms. The highest BCUT2D eigenvalue weighted by atomic mass is 16.7. The highest BCUT2D eigenvalue weighted by Crippen LogP contribution is 2.34. The van der Waals surface area contributed by atoms with Crippen molar-refractivity contribution in [2.24, 2.45) is 17.8 Å². The molecular weight excluding hydrogens is 420 g/mol. The van der Waals surface area contributed by atoms with Crippen LogP contribution in [0, 0.1) is 17.8 Å². The van der Waals surface area contributed by atoms with Gasteiger partial charge in [0.15, 0.2) is 0 Å². The number of ether oxygens (including phenoxy) is 4. The van der Waals surface area contributed by atoms with E-state index in [1.807, 2.05) is 6.92 Å². The topological polar surface area (TPSA) is 74.2 Å². The van der Waals surface area contributed by atoms with Crippen LogP contribution < -0.4 is 0 Å². The van der Waals surface area contributed by atoms with Gasteiger partial charge < -0.3 is 24.1 Å². The second-order valence-electron chi connectivity index (χ2n) is 10.5. The third kappa shape index (κ3) is 9.31. The van der Waals surface area contributed by atoms with E-state index in [0.29, 0.717) is 25.2 Å². The average molecular weight is 469 g/mol. The van der Waals surface area contributed by atoms with Crippen molar-refractivity contribution >= 4 is 5.97 Å². The number of fused-ring (bicyclic) bond motifs is 2. The van der Waals surface area contributed by atoms with Crippen molar-refractivity contribution in [3.05, 3.63) is 12.2 Å². The lowest BCUT2D eigenvalue weighted by molar-refractivity contribution is -0.154. The van der Waals surface area contributed by atoms with Crippen LogP contribution in [0.2, 0.25) is 0 Å². The molecule has 2 fully saturated rings. The molecule has 6 nitrogen and oxygen atoms in total. The quantitative estimate of drug-likeness (QED) is 0.330. The number of hydrogen-bond acceptors (Lipinski definition) is 6. The molecule has 2 aliphatic heterocycles. The van der Waals surface area contributed by atoms with E-state index in [9.17, 15) is 9.90 Å². The van der Waals surface area contributed by atoms with Gasteiger partial charge in [-0.05, 0) is 43.9 Å². The number of esters is 1. The van der Waals surface area contributed by atoms with Gasteiger partial charge >= 0.3 is 5.97 Å². The summed E-state index contributed by atoms with van der Waals surface area (Å²) in [5.74, 6) is 0.329. The lowest BCUT2D eigenvalue weighted by Crippen LogP contribution is -2.38. The zero-order valence-corrected chi connectivity index (χ0v) is 21.6. The predicted octanol–water partition coefficient (Wildman–Crippen LogP) is 5.41. The summed E-state index contributed by atoms with van der Waals surface area (Å²) < 4.78 is 23.3. The first kappa shape index (κ1) is 28.3. The maximum absolute atomic E-state index is 12.7. The molecular formula is C27H48O6. The summed E-state index contributed by atoms with van der Waals surface area (Å²) in [5, 5.41) is 11.1. The van der Waals surface area contributed by atoms with Gasteiger partial charge in [-0.25, -0.2) is 0 Å². The van der Waals surface area contributed by atoms with E-state index >= 15 is 0 Å². The molecule has 0 radical (unpaired) electrons. The van der Waals surface area contributed by atoms with Crippen molar-refractivity contribution in [3.63, 3.8) is 0 Å². The van der Waals surface area contributed by atoms with Crippen LogP contribution >= 0.6 is 0 Å². The molecule has 33 heavy (non-hydrogen) atoms. The van der Waals surface area contributed by atoms with Crippen molar-refractivity contribution < 1.29 is 28.8 Å². The van der Waals surface area contributed by atoms with Gasteiger partial charge in [0.1, 0.15) is 12.9 Å². The van der Waals surface area contributed by atoms with E-state index in [4.69, 9.17) is 18.9 Å². The Morgan fingerprint density at radius 2 is 1.82 bits per heavy atom. The minimum absolute atomic E-state index is 0.0470. The van der Waals surface area contributed by atoms with Gasteiger partial charge in [0.05, 0.1) is 30.3 Å². The summed E-state index contributed by atoms with van der Waals surface area (Å²) in [6, 6.07) is 0. The SMILES string of the molecule is C=C1C[C@@H](CCC)OC(=O)[C@@H](C)CCCC[C@@H]2O[C@H](C[C@@H]2C)C[C@H](O)[C@@H](OCOC)[C@H](C)C1. The molecule has 0 aromatic heterocycles. The molecule has 0 spiro atoms. The van der Waals surface area contributed by atoms with Gasteiger partial charge in [0, 0.05) is 20.0 Å². The fourth-order valence-corrected chi connectivity index (χ4v) is 5.41. The largest absolute Gasteiger partial charge is 0.462 e. The predicted molar refractivity (Wildman–Crippen MR) is 130 cm³/mol. The number of aliphatic hydroxyl groups is 1. The van der Waals surface area contributed by atoms with Crippen LogP contribution in [0.4, 0.5) is 0 Å². The molecule has 8 atom stereocenters. The van der Waals surface area contributed by atoms with Crippen LogP contribution in [-0.4, -0.2) is 55.5 Å². The Bertz CT molecular complexity index is 593. The molecule has 0 aromatic carbocycles. The molecule has 2 heterocycles. The summed E-state index contributed by atoms with van der Waals surface area (Å²) in [6.45, 7) is 12.8. The van der Waals surface area contributed by atoms with Crippen molar-refractivity contribution in [3.8, 4) is 0 Å². The first-order chi connectivity index (χ1) is 15.7. The third-order valence-electron chi connectivity index (χ3n) is 7.26. The van der Waals surface area contributed by atoms with Crippen LogP contribution in [0.5, 0.6) is 0 Å². The van der Waals surface area contributed by atoms with Gasteiger partial charge in [-0.2, -0.15) is 0 Å². The van der Waals surface area contributed by atoms with Crippen molar-refractivity contribution in [2.75, 3.05) is 13.9 Å². The van der Waals surface area contributed by atoms with Crippen LogP contribution in [0.3, 0.4) is 0 Å². The fraction of sp³-hybridized carbons (Fsp3) is 0.889. The van der Waals surface area contributed by atoms with Crippen LogP contribution in [0.25, 0.3) is 0 Å². The van der Waals surface area contributed by atoms with E-state index in [1.54, 1.807) is 7.11 Å². The average Bonchev–Trinajstić information content (AvgIpc) is 3.09. The standard InChI is InChI=1S/C27H48O6/c1-7-10-22-14-18(2)13-21(5)26(31-17-30-6)24(28)16-23-15-20(4)25(32-23)12-9-8-11-19(3)27(29)33-22/h19-26,28H,2,7-17H2,1,3-6H3/t19-,20-,21+,22+,23+,24-,25-,26-/m0/s1. The number of methoxy groups -OCH3 is 1. The molecule has 1 N–H and O–H groups in total. The third-order valence-corrected chi connectivity index (χ3v) is 7.26. The molecule has 192 valence electrons. The number of carbonyl (C=O) groups is 1. The molecule has 2 saturated heterocycles. The molecule has 2 rings (SSSR count). The van der Waals surface area contributed by atoms with Gasteiger partial charge in [-0.1, -0.05) is 59.1 Å². The van der Waals surface area contributed by atoms with E-state index in [0.717, 1.165) is 50.5 Å². The number of carbonyl (C=O) groups excluding carboxylic acids is 1. The maximum Gasteiger partial charge on any atom is 0.308 e. The van der Waals surface area contributed by atoms with Crippen LogP contribution in [0.15, 0.2) is 12.2 Å². The van der Waals surface area contributed by atoms with Gasteiger partial charge in [-0.3, -0.25) is 4.79 Å². The van der Waals surface area contributed by atoms with Gasteiger partial charge in [0.2, 0.25) is 0 Å². The summed E-state index contributed by atoms with van der Waals surface area (Å²) in [4.78, 5) is 12.7. The Morgan fingerprint density at radius 1 is 1.09 bits per heavy atom. The van der Waals surface area contributed by atoms with Crippen LogP contribution in [-0.2, 0) is 23.7 Å². The van der Waals surface area contributed by atoms with Gasteiger partial charge in [0.25, 0.3) is 0 Å². The minimum atomic E-state index is -0.636. The zero-order chi connectivity index (χ0) is 24.4. The molecule has 0 amide bonds. The summed E-state index contributed by atoms with van der Waals surface area (Å²) in [5.41, 5.74) is 1.02. The molecule has 0 aliphatic carbocycles. The van der Waals surface area contributed by atoms with E-state index in [1.165, 1.54) is 0 Å². The smallest absolute Gasteiger partial charge is 0.308 e. The lowest BCUT2D eigenvalue weighted by atomic mass is 9.88. The fourth-order valence-electron chi connectivity index (χ4n) is 5.41. The Morgan fingerprint density at radius 3 is 2.52 bits per heavy atom. The number of cyclic esters (lactones) is 1. The Hall–Kier alpha value is -0.950. The summed E-state index contributed by atoms with van der Waals surface area (Å²) >= 11 is 0. The number of aliphatic hydroxyl groups excluding tert-OH is 1. The van der Waals surface area contributed by atoms with Crippen LogP contribution in [0.1, 0.15) is 91.9 Å². The van der Waals surface area contributed by atoms with E-state index in [2.05, 4.69) is 27.4 Å². The highest BCUT2D eigenvalue weighted by molar-refractivity contribution is 5.72. The first-order valence-electron chi connectivity index (χ1n) is 13.1. The molecule has 0 unspecified atom stereocenters. The molecule has 2 bridgehead atoms. The first-order valence-corrected chi connectivity index (χ1v) is 13.1. The Kier molecular flexibility index (Phi) is 12.4.